The first-order chi connectivity index (χ1) is 2.95. The zero-order valence-corrected chi connectivity index (χ0v) is 2.97. The van der Waals surface area contributed by atoms with E-state index in [-0.39, 0.29) is 12.8 Å². The maximum absolute atomic E-state index is 4.81. The molecule has 4 heteroatoms. The van der Waals surface area contributed by atoms with Crippen molar-refractivity contribution in [3.63, 3.8) is 0 Å². The Hall–Kier alpha value is -0.160. The van der Waals surface area contributed by atoms with Crippen LogP contribution in [0.2, 0.25) is 0 Å². The van der Waals surface area contributed by atoms with Gasteiger partial charge in [0.1, 0.15) is 0 Å². The third-order valence-electron chi connectivity index (χ3n) is 0.829. The van der Waals surface area contributed by atoms with Gasteiger partial charge in [0.05, 0.1) is 0 Å². The lowest BCUT2D eigenvalue weighted by Crippen LogP contribution is -2.49. The van der Waals surface area contributed by atoms with Crippen LogP contribution in [-0.4, -0.2) is 12.8 Å². The standard InChI is InChI=1S/C2H4N2O2/c3-1-4-6-2(3)5-1/h1-4H. The maximum Gasteiger partial charge on any atom is 0.240 e. The van der Waals surface area contributed by atoms with Gasteiger partial charge in [0, 0.05) is 0 Å². The number of ether oxygens (including phenoxy) is 1. The minimum Gasteiger partial charge on any atom is -0.304 e. The van der Waals surface area contributed by atoms with Crippen molar-refractivity contribution in [1.29, 1.82) is 0 Å². The molecule has 4 nitrogen and oxygen atoms in total. The van der Waals surface area contributed by atoms with Crippen molar-refractivity contribution < 1.29 is 9.57 Å². The second-order valence-corrected chi connectivity index (χ2v) is 1.25. The number of nitrogens with one attached hydrogen (secondary N) is 2. The van der Waals surface area contributed by atoms with Gasteiger partial charge in [-0.25, -0.2) is 5.32 Å². The van der Waals surface area contributed by atoms with Crippen molar-refractivity contribution in [2.75, 3.05) is 0 Å². The lowest BCUT2D eigenvalue weighted by atomic mass is 10.8. The highest BCUT2D eigenvalue weighted by Crippen LogP contribution is 2.11. The third-order valence-corrected chi connectivity index (χ3v) is 0.829. The summed E-state index contributed by atoms with van der Waals surface area (Å²) in [6.45, 7) is 0. The summed E-state index contributed by atoms with van der Waals surface area (Å²) in [7, 11) is 0. The minimum atomic E-state index is -0.171. The molecule has 34 valence electrons. The Balaban J connectivity index is 2.16. The molecule has 0 saturated carbocycles. The summed E-state index contributed by atoms with van der Waals surface area (Å²) in [5, 5.41) is 2.86. The largest absolute Gasteiger partial charge is 0.304 e. The summed E-state index contributed by atoms with van der Waals surface area (Å²) in [6.07, 6.45) is -0.204. The number of hydroxylamine groups is 1. The van der Waals surface area contributed by atoms with Gasteiger partial charge in [0.25, 0.3) is 0 Å². The van der Waals surface area contributed by atoms with Gasteiger partial charge in [-0.2, -0.15) is 5.48 Å². The molecule has 6 heavy (non-hydrogen) atoms. The molecular weight excluding hydrogens is 84.0 g/mol. The second kappa shape index (κ2) is 0.737. The molecule has 0 spiro atoms. The van der Waals surface area contributed by atoms with E-state index in [9.17, 15) is 0 Å². The van der Waals surface area contributed by atoms with E-state index >= 15 is 0 Å². The fourth-order valence-corrected chi connectivity index (χ4v) is 0.501. The fourth-order valence-electron chi connectivity index (χ4n) is 0.501. The summed E-state index contributed by atoms with van der Waals surface area (Å²) in [5.41, 5.74) is 2.56. The van der Waals surface area contributed by atoms with Crippen LogP contribution in [-0.2, 0) is 9.57 Å². The van der Waals surface area contributed by atoms with E-state index in [0.717, 1.165) is 0 Å². The van der Waals surface area contributed by atoms with Crippen LogP contribution in [0.15, 0.2) is 0 Å². The van der Waals surface area contributed by atoms with E-state index in [1.165, 1.54) is 0 Å². The van der Waals surface area contributed by atoms with Crippen molar-refractivity contribution in [2.24, 2.45) is 0 Å². The van der Waals surface area contributed by atoms with Gasteiger partial charge >= 0.3 is 0 Å². The smallest absolute Gasteiger partial charge is 0.240 e. The van der Waals surface area contributed by atoms with E-state index in [1.54, 1.807) is 0 Å². The van der Waals surface area contributed by atoms with Crippen LogP contribution in [0.25, 0.3) is 0 Å². The predicted octanol–water partition coefficient (Wildman–Crippen LogP) is -1.29. The second-order valence-electron chi connectivity index (χ2n) is 1.25. The Labute approximate surface area is 34.4 Å². The van der Waals surface area contributed by atoms with E-state index in [4.69, 9.17) is 4.74 Å². The van der Waals surface area contributed by atoms with Crippen LogP contribution in [0.3, 0.4) is 0 Å². The van der Waals surface area contributed by atoms with E-state index in [0.29, 0.717) is 0 Å². The zero-order valence-electron chi connectivity index (χ0n) is 2.97. The first-order valence-corrected chi connectivity index (χ1v) is 1.78. The first-order valence-electron chi connectivity index (χ1n) is 1.78. The number of rotatable bonds is 0. The van der Waals surface area contributed by atoms with Crippen molar-refractivity contribution in [1.82, 2.24) is 10.8 Å². The normalized spacial score (nSPS) is 52.0. The molecule has 0 aromatic rings. The van der Waals surface area contributed by atoms with Crippen LogP contribution in [0, 0.1) is 0 Å². The fraction of sp³-hybridized carbons (Fsp3) is 1.00. The minimum absolute atomic E-state index is 0.0324. The molecule has 0 aliphatic carbocycles. The van der Waals surface area contributed by atoms with Crippen molar-refractivity contribution >= 4 is 0 Å². The lowest BCUT2D eigenvalue weighted by Gasteiger charge is -2.19. The molecule has 2 unspecified atom stereocenters. The average molecular weight is 88.1 g/mol. The molecule has 3 aliphatic rings. The molecule has 0 radical (unpaired) electrons. The Morgan fingerprint density at radius 3 is 2.50 bits per heavy atom. The molecule has 2 atom stereocenters. The molecule has 0 aromatic heterocycles. The van der Waals surface area contributed by atoms with Crippen molar-refractivity contribution in [2.45, 2.75) is 12.8 Å². The molecule has 3 rings (SSSR count). The Morgan fingerprint density at radius 1 is 1.50 bits per heavy atom. The summed E-state index contributed by atoms with van der Waals surface area (Å²) < 4.78 is 4.81. The highest BCUT2D eigenvalue weighted by atomic mass is 16.9. The third kappa shape index (κ3) is 0.188. The van der Waals surface area contributed by atoms with E-state index in [2.05, 4.69) is 15.6 Å². The van der Waals surface area contributed by atoms with Gasteiger partial charge in [-0.3, -0.25) is 4.84 Å². The summed E-state index contributed by atoms with van der Waals surface area (Å²) in [5.74, 6) is 0. The topological polar surface area (TPSA) is 42.5 Å². The maximum atomic E-state index is 4.81. The molecule has 0 aromatic carbocycles. The van der Waals surface area contributed by atoms with Crippen LogP contribution >= 0.6 is 0 Å². The molecule has 3 fully saturated rings. The number of hydrogen-bond acceptors (Lipinski definition) is 4. The van der Waals surface area contributed by atoms with Crippen LogP contribution in [0.5, 0.6) is 0 Å². The van der Waals surface area contributed by atoms with Gasteiger partial charge in [-0.15, -0.1) is 0 Å². The number of hydrogen-bond donors (Lipinski definition) is 2. The molecule has 3 heterocycles. The molecule has 2 N–H and O–H groups in total. The summed E-state index contributed by atoms with van der Waals surface area (Å²) in [4.78, 5) is 4.64. The quantitative estimate of drug-likeness (QED) is 0.386. The Morgan fingerprint density at radius 2 is 2.33 bits per heavy atom. The van der Waals surface area contributed by atoms with Gasteiger partial charge < -0.3 is 4.74 Å². The van der Waals surface area contributed by atoms with Crippen LogP contribution < -0.4 is 10.8 Å². The highest BCUT2D eigenvalue weighted by molar-refractivity contribution is 4.63. The van der Waals surface area contributed by atoms with Crippen molar-refractivity contribution in [3.8, 4) is 0 Å². The Bertz CT molecular complexity index is 56.4. The van der Waals surface area contributed by atoms with E-state index in [1.807, 2.05) is 0 Å². The van der Waals surface area contributed by atoms with Gasteiger partial charge in [-0.1, -0.05) is 0 Å². The van der Waals surface area contributed by atoms with Crippen molar-refractivity contribution in [3.05, 3.63) is 0 Å². The molecule has 2 bridgehead atoms. The monoisotopic (exact) mass is 88.0 g/mol. The summed E-state index contributed by atoms with van der Waals surface area (Å²) >= 11 is 0. The SMILES string of the molecule is N1OC2NC1O2. The van der Waals surface area contributed by atoms with Gasteiger partial charge in [0.15, 0.2) is 6.35 Å². The average Bonchev–Trinajstić information content (AvgIpc) is 1.72. The Kier molecular flexibility index (Phi) is 0.359. The predicted molar refractivity (Wildman–Crippen MR) is 16.0 cm³/mol. The first kappa shape index (κ1) is 2.92. The van der Waals surface area contributed by atoms with Gasteiger partial charge in [-0.05, 0) is 0 Å². The van der Waals surface area contributed by atoms with E-state index < -0.39 is 0 Å². The lowest BCUT2D eigenvalue weighted by molar-refractivity contribution is -0.173. The number of fused-ring (bicyclic) bond motifs is 1. The molecular formula is C2H4N2O2. The molecule has 3 aliphatic heterocycles. The summed E-state index contributed by atoms with van der Waals surface area (Å²) in [6, 6.07) is 0. The van der Waals surface area contributed by atoms with Crippen LogP contribution in [0.1, 0.15) is 0 Å². The highest BCUT2D eigenvalue weighted by Gasteiger charge is 2.37. The molecule has 0 amide bonds. The van der Waals surface area contributed by atoms with Crippen LogP contribution in [0.4, 0.5) is 0 Å². The van der Waals surface area contributed by atoms with Gasteiger partial charge in [0.2, 0.25) is 6.41 Å². The molecule has 3 saturated heterocycles. The zero-order chi connectivity index (χ0) is 3.98.